The van der Waals surface area contributed by atoms with E-state index >= 15 is 0 Å². The van der Waals surface area contributed by atoms with E-state index in [4.69, 9.17) is 14.2 Å². The fourth-order valence-electron chi connectivity index (χ4n) is 2.30. The fraction of sp³-hybridized carbons (Fsp3) is 0.625. The Morgan fingerprint density at radius 1 is 1.25 bits per heavy atom. The van der Waals surface area contributed by atoms with Gasteiger partial charge < -0.3 is 19.5 Å². The number of ether oxygens (including phenoxy) is 3. The van der Waals surface area contributed by atoms with Crippen molar-refractivity contribution in [3.63, 3.8) is 0 Å². The molecule has 1 heterocycles. The average Bonchev–Trinajstić information content (AvgIpc) is 2.68. The molecule has 2 rings (SSSR count). The third kappa shape index (κ3) is 3.87. The molecule has 1 aliphatic rings. The summed E-state index contributed by atoms with van der Waals surface area (Å²) < 4.78 is 16.8. The summed E-state index contributed by atoms with van der Waals surface area (Å²) in [6.45, 7) is 7.31. The van der Waals surface area contributed by atoms with Crippen LogP contribution in [0.3, 0.4) is 0 Å². The van der Waals surface area contributed by atoms with E-state index in [2.05, 4.69) is 25.2 Å². The Kier molecular flexibility index (Phi) is 5.68. The number of methoxy groups -OCH3 is 1. The molecule has 0 fully saturated rings. The van der Waals surface area contributed by atoms with Crippen molar-refractivity contribution in [2.24, 2.45) is 5.92 Å². The quantitative estimate of drug-likeness (QED) is 0.869. The molecule has 1 unspecified atom stereocenters. The van der Waals surface area contributed by atoms with Crippen molar-refractivity contribution in [2.45, 2.75) is 32.9 Å². The van der Waals surface area contributed by atoms with Crippen molar-refractivity contribution in [3.8, 4) is 11.5 Å². The third-order valence-corrected chi connectivity index (χ3v) is 3.56. The number of benzene rings is 1. The second-order valence-corrected chi connectivity index (χ2v) is 5.48. The molecule has 1 atom stereocenters. The Bertz CT molecular complexity index is 420. The first-order chi connectivity index (χ1) is 9.72. The van der Waals surface area contributed by atoms with Gasteiger partial charge in [0, 0.05) is 31.7 Å². The van der Waals surface area contributed by atoms with Gasteiger partial charge in [0.05, 0.1) is 19.8 Å². The van der Waals surface area contributed by atoms with Gasteiger partial charge in [0.25, 0.3) is 0 Å². The zero-order valence-electron chi connectivity index (χ0n) is 12.6. The highest BCUT2D eigenvalue weighted by molar-refractivity contribution is 5.47. The molecule has 0 aromatic heterocycles. The monoisotopic (exact) mass is 279 g/mol. The van der Waals surface area contributed by atoms with E-state index in [-0.39, 0.29) is 0 Å². The second kappa shape index (κ2) is 7.50. The number of nitrogens with one attached hydrogen (secondary N) is 1. The van der Waals surface area contributed by atoms with E-state index in [0.717, 1.165) is 43.2 Å². The molecule has 4 heteroatoms. The van der Waals surface area contributed by atoms with Crippen LogP contribution < -0.4 is 14.8 Å². The van der Waals surface area contributed by atoms with Crippen LogP contribution >= 0.6 is 0 Å². The van der Waals surface area contributed by atoms with Crippen LogP contribution in [0.1, 0.15) is 25.8 Å². The maximum Gasteiger partial charge on any atom is 0.165 e. The lowest BCUT2D eigenvalue weighted by Crippen LogP contribution is -2.37. The molecule has 1 aromatic rings. The first-order valence-corrected chi connectivity index (χ1v) is 7.32. The van der Waals surface area contributed by atoms with Crippen molar-refractivity contribution in [1.29, 1.82) is 0 Å². The summed E-state index contributed by atoms with van der Waals surface area (Å²) in [5.41, 5.74) is 1.14. The summed E-state index contributed by atoms with van der Waals surface area (Å²) in [7, 11) is 1.74. The van der Waals surface area contributed by atoms with Gasteiger partial charge in [-0.1, -0.05) is 26.0 Å². The Labute approximate surface area is 121 Å². The predicted octanol–water partition coefficient (Wildman–Crippen LogP) is 2.61. The van der Waals surface area contributed by atoms with E-state index in [1.165, 1.54) is 0 Å². The number of fused-ring (bicyclic) bond motifs is 1. The summed E-state index contributed by atoms with van der Waals surface area (Å²) >= 11 is 0. The minimum absolute atomic E-state index is 0.336. The highest BCUT2D eigenvalue weighted by atomic mass is 16.5. The van der Waals surface area contributed by atoms with Crippen LogP contribution in [-0.4, -0.2) is 33.0 Å². The Morgan fingerprint density at radius 3 is 2.80 bits per heavy atom. The van der Waals surface area contributed by atoms with Crippen LogP contribution in [0.4, 0.5) is 0 Å². The normalized spacial score (nSPS) is 16.0. The lowest BCUT2D eigenvalue weighted by Gasteiger charge is -2.22. The molecule has 1 aromatic carbocycles. The molecule has 1 N–H and O–H groups in total. The molecule has 0 radical (unpaired) electrons. The van der Waals surface area contributed by atoms with Crippen molar-refractivity contribution in [2.75, 3.05) is 26.9 Å². The van der Waals surface area contributed by atoms with Gasteiger partial charge in [0.1, 0.15) is 0 Å². The van der Waals surface area contributed by atoms with Gasteiger partial charge in [-0.3, -0.25) is 0 Å². The van der Waals surface area contributed by atoms with Crippen LogP contribution in [0, 0.1) is 5.92 Å². The molecule has 0 aliphatic carbocycles. The molecular weight excluding hydrogens is 254 g/mol. The number of para-hydroxylation sites is 1. The van der Waals surface area contributed by atoms with Crippen LogP contribution in [0.5, 0.6) is 11.5 Å². The van der Waals surface area contributed by atoms with Crippen molar-refractivity contribution in [1.82, 2.24) is 5.32 Å². The second-order valence-electron chi connectivity index (χ2n) is 5.48. The van der Waals surface area contributed by atoms with E-state index < -0.39 is 0 Å². The standard InChI is InChI=1S/C16H25NO3/c1-12(2)14(11-18-3)17-10-13-6-4-7-15-16(13)20-9-5-8-19-15/h4,6-7,12,14,17H,5,8-11H2,1-3H3. The number of hydrogen-bond donors (Lipinski definition) is 1. The van der Waals surface area contributed by atoms with Crippen molar-refractivity contribution < 1.29 is 14.2 Å². The molecule has 112 valence electrons. The van der Waals surface area contributed by atoms with Gasteiger partial charge in [0.2, 0.25) is 0 Å². The van der Waals surface area contributed by atoms with E-state index in [1.54, 1.807) is 7.11 Å². The largest absolute Gasteiger partial charge is 0.490 e. The average molecular weight is 279 g/mol. The third-order valence-electron chi connectivity index (χ3n) is 3.56. The van der Waals surface area contributed by atoms with E-state index in [0.29, 0.717) is 18.6 Å². The van der Waals surface area contributed by atoms with Gasteiger partial charge in [-0.05, 0) is 12.0 Å². The molecule has 0 saturated carbocycles. The molecular formula is C16H25NO3. The first kappa shape index (κ1) is 15.1. The Balaban J connectivity index is 2.05. The maximum absolute atomic E-state index is 5.84. The summed E-state index contributed by atoms with van der Waals surface area (Å²) in [6.07, 6.45) is 0.930. The molecule has 20 heavy (non-hydrogen) atoms. The molecule has 0 bridgehead atoms. The summed E-state index contributed by atoms with van der Waals surface area (Å²) in [5.74, 6) is 2.27. The van der Waals surface area contributed by atoms with Crippen molar-refractivity contribution >= 4 is 0 Å². The van der Waals surface area contributed by atoms with Crippen LogP contribution in [0.2, 0.25) is 0 Å². The molecule has 0 amide bonds. The zero-order chi connectivity index (χ0) is 14.4. The summed E-state index contributed by atoms with van der Waals surface area (Å²) in [5, 5.41) is 3.55. The van der Waals surface area contributed by atoms with Crippen LogP contribution in [0.25, 0.3) is 0 Å². The number of rotatable bonds is 6. The summed E-state index contributed by atoms with van der Waals surface area (Å²) in [6, 6.07) is 6.41. The Morgan fingerprint density at radius 2 is 2.05 bits per heavy atom. The molecule has 0 saturated heterocycles. The zero-order valence-corrected chi connectivity index (χ0v) is 12.6. The minimum Gasteiger partial charge on any atom is -0.490 e. The fourth-order valence-corrected chi connectivity index (χ4v) is 2.30. The predicted molar refractivity (Wildman–Crippen MR) is 79.4 cm³/mol. The van der Waals surface area contributed by atoms with Gasteiger partial charge in [0.15, 0.2) is 11.5 Å². The van der Waals surface area contributed by atoms with Gasteiger partial charge in [-0.25, -0.2) is 0 Å². The van der Waals surface area contributed by atoms with Gasteiger partial charge in [-0.15, -0.1) is 0 Å². The maximum atomic E-state index is 5.84. The van der Waals surface area contributed by atoms with Crippen LogP contribution in [0.15, 0.2) is 18.2 Å². The van der Waals surface area contributed by atoms with Gasteiger partial charge in [-0.2, -0.15) is 0 Å². The molecule has 4 nitrogen and oxygen atoms in total. The lowest BCUT2D eigenvalue weighted by molar-refractivity contribution is 0.146. The SMILES string of the molecule is COCC(NCc1cccc2c1OCCCO2)C(C)C. The van der Waals surface area contributed by atoms with Crippen LogP contribution in [-0.2, 0) is 11.3 Å². The highest BCUT2D eigenvalue weighted by Crippen LogP contribution is 2.33. The topological polar surface area (TPSA) is 39.7 Å². The van der Waals surface area contributed by atoms with Gasteiger partial charge >= 0.3 is 0 Å². The van der Waals surface area contributed by atoms with Crippen molar-refractivity contribution in [3.05, 3.63) is 23.8 Å². The first-order valence-electron chi connectivity index (χ1n) is 7.32. The van der Waals surface area contributed by atoms with E-state index in [9.17, 15) is 0 Å². The smallest absolute Gasteiger partial charge is 0.165 e. The molecule has 0 spiro atoms. The Hall–Kier alpha value is -1.26. The highest BCUT2D eigenvalue weighted by Gasteiger charge is 2.17. The number of hydrogen-bond acceptors (Lipinski definition) is 4. The lowest BCUT2D eigenvalue weighted by atomic mass is 10.0. The minimum atomic E-state index is 0.336. The van der Waals surface area contributed by atoms with E-state index in [1.807, 2.05) is 12.1 Å². The molecule has 1 aliphatic heterocycles. The summed E-state index contributed by atoms with van der Waals surface area (Å²) in [4.78, 5) is 0.